The third kappa shape index (κ3) is 5.41. The molecule has 0 amide bonds. The molecule has 69 heavy (non-hydrogen) atoms. The van der Waals surface area contributed by atoms with Crippen LogP contribution in [0, 0.1) is 0 Å². The zero-order chi connectivity index (χ0) is 46.2. The van der Waals surface area contributed by atoms with E-state index >= 15 is 0 Å². The first-order chi connectivity index (χ1) is 33.8. The van der Waals surface area contributed by atoms with Gasteiger partial charge in [0.25, 0.3) is 0 Å². The smallest absolute Gasteiger partial charge is 0.0622 e. The zero-order valence-electron chi connectivity index (χ0n) is 39.4. The molecule has 326 valence electrons. The van der Waals surface area contributed by atoms with Crippen LogP contribution in [0.5, 0.6) is 0 Å². The van der Waals surface area contributed by atoms with Gasteiger partial charge < -0.3 is 0 Å². The lowest BCUT2D eigenvalue weighted by molar-refractivity contribution is 0.660. The maximum Gasteiger partial charge on any atom is 0.0713 e. The first-order valence-electron chi connectivity index (χ1n) is 24.6. The van der Waals surface area contributed by atoms with Crippen molar-refractivity contribution in [2.24, 2.45) is 0 Å². The van der Waals surface area contributed by atoms with Gasteiger partial charge in [-0.05, 0) is 151 Å². The van der Waals surface area contributed by atoms with E-state index in [1.165, 1.54) is 133 Å². The van der Waals surface area contributed by atoms with Gasteiger partial charge in [0.15, 0.2) is 0 Å². The third-order valence-electron chi connectivity index (χ3n) is 16.6. The normalized spacial score (nSPS) is 15.0. The maximum absolute atomic E-state index is 2.55. The molecule has 0 radical (unpaired) electrons. The first kappa shape index (κ1) is 40.0. The van der Waals surface area contributed by atoms with E-state index in [-0.39, 0.29) is 10.8 Å². The van der Waals surface area contributed by atoms with Crippen molar-refractivity contribution in [2.45, 2.75) is 43.9 Å². The number of benzene rings is 11. The van der Waals surface area contributed by atoms with Crippen molar-refractivity contribution in [1.82, 2.24) is 0 Å². The van der Waals surface area contributed by atoms with Crippen LogP contribution in [0.1, 0.15) is 72.2 Å². The average molecular weight is 879 g/mol. The summed E-state index contributed by atoms with van der Waals surface area (Å²) in [6.07, 6.45) is 0. The summed E-state index contributed by atoms with van der Waals surface area (Å²) in [6, 6.07) is 87.6. The second-order valence-corrected chi connectivity index (χ2v) is 20.7. The highest BCUT2D eigenvalue weighted by atomic mass is 14.5. The Morgan fingerprint density at radius 2 is 0.667 bits per heavy atom. The van der Waals surface area contributed by atoms with E-state index in [9.17, 15) is 0 Å². The van der Waals surface area contributed by atoms with Crippen LogP contribution in [0.25, 0.3) is 88.3 Å². The molecule has 0 N–H and O–H groups in total. The second-order valence-electron chi connectivity index (χ2n) is 20.7. The Labute approximate surface area is 405 Å². The van der Waals surface area contributed by atoms with Crippen LogP contribution < -0.4 is 0 Å². The number of hydrogen-bond donors (Lipinski definition) is 0. The molecule has 0 aliphatic heterocycles. The third-order valence-corrected chi connectivity index (χ3v) is 16.6. The maximum atomic E-state index is 2.55. The topological polar surface area (TPSA) is 0 Å². The van der Waals surface area contributed by atoms with Gasteiger partial charge in [-0.1, -0.05) is 240 Å². The molecular weight excluding hydrogens is 829 g/mol. The van der Waals surface area contributed by atoms with Crippen LogP contribution in [0.4, 0.5) is 0 Å². The molecular formula is C69H50. The van der Waals surface area contributed by atoms with Crippen LogP contribution in [0.2, 0.25) is 0 Å². The van der Waals surface area contributed by atoms with Gasteiger partial charge in [-0.15, -0.1) is 0 Å². The first-order valence-corrected chi connectivity index (χ1v) is 24.6. The molecule has 3 aliphatic rings. The molecule has 0 spiro atoms. The summed E-state index contributed by atoms with van der Waals surface area (Å²) in [5.74, 6) is 0. The van der Waals surface area contributed by atoms with Gasteiger partial charge in [-0.25, -0.2) is 0 Å². The highest BCUT2D eigenvalue weighted by Crippen LogP contribution is 2.59. The fourth-order valence-electron chi connectivity index (χ4n) is 13.4. The van der Waals surface area contributed by atoms with Gasteiger partial charge in [0.1, 0.15) is 0 Å². The summed E-state index contributed by atoms with van der Waals surface area (Å²) < 4.78 is 0. The van der Waals surface area contributed by atoms with Crippen LogP contribution in [0.3, 0.4) is 0 Å². The molecule has 0 heteroatoms. The quantitative estimate of drug-likeness (QED) is 0.151. The molecule has 0 nitrogen and oxygen atoms in total. The summed E-state index contributed by atoms with van der Waals surface area (Å²) >= 11 is 0. The zero-order valence-corrected chi connectivity index (χ0v) is 39.4. The van der Waals surface area contributed by atoms with E-state index in [1.807, 2.05) is 0 Å². The van der Waals surface area contributed by atoms with Gasteiger partial charge in [-0.2, -0.15) is 0 Å². The van der Waals surface area contributed by atoms with Gasteiger partial charge >= 0.3 is 0 Å². The minimum Gasteiger partial charge on any atom is -0.0622 e. The fourth-order valence-corrected chi connectivity index (χ4v) is 13.4. The average Bonchev–Trinajstić information content (AvgIpc) is 3.92. The molecule has 11 aromatic carbocycles. The van der Waals surface area contributed by atoms with Crippen LogP contribution in [-0.4, -0.2) is 0 Å². The van der Waals surface area contributed by atoms with Crippen LogP contribution >= 0.6 is 0 Å². The van der Waals surface area contributed by atoms with E-state index < -0.39 is 5.41 Å². The molecule has 0 saturated carbocycles. The van der Waals surface area contributed by atoms with E-state index in [0.717, 1.165) is 0 Å². The molecule has 0 unspecified atom stereocenters. The molecule has 14 rings (SSSR count). The lowest BCUT2D eigenvalue weighted by atomic mass is 9.67. The van der Waals surface area contributed by atoms with E-state index in [1.54, 1.807) is 0 Å². The summed E-state index contributed by atoms with van der Waals surface area (Å²) in [4.78, 5) is 0. The predicted octanol–water partition coefficient (Wildman–Crippen LogP) is 18.0. The lowest BCUT2D eigenvalue weighted by Gasteiger charge is -2.34. The second kappa shape index (κ2) is 14.5. The monoisotopic (exact) mass is 878 g/mol. The van der Waals surface area contributed by atoms with Crippen molar-refractivity contribution >= 4 is 21.5 Å². The minimum absolute atomic E-state index is 0.0972. The minimum atomic E-state index is -0.505. The van der Waals surface area contributed by atoms with Gasteiger partial charge in [0, 0.05) is 10.8 Å². The van der Waals surface area contributed by atoms with Crippen LogP contribution in [-0.2, 0) is 16.2 Å². The van der Waals surface area contributed by atoms with Crippen molar-refractivity contribution in [3.05, 3.63) is 275 Å². The number of fused-ring (bicyclic) bond motifs is 11. The highest BCUT2D eigenvalue weighted by Gasteiger charge is 2.46. The highest BCUT2D eigenvalue weighted by molar-refractivity contribution is 6.23. The van der Waals surface area contributed by atoms with Crippen molar-refractivity contribution < 1.29 is 0 Å². The van der Waals surface area contributed by atoms with Gasteiger partial charge in [0.2, 0.25) is 0 Å². The Morgan fingerprint density at radius 1 is 0.232 bits per heavy atom. The largest absolute Gasteiger partial charge is 0.0713 e. The van der Waals surface area contributed by atoms with Crippen LogP contribution in [0.15, 0.2) is 231 Å². The Balaban J connectivity index is 1.08. The Bertz CT molecular complexity index is 3900. The lowest BCUT2D eigenvalue weighted by Crippen LogP contribution is -2.28. The summed E-state index contributed by atoms with van der Waals surface area (Å²) in [5.41, 5.74) is 25.5. The van der Waals surface area contributed by atoms with E-state index in [4.69, 9.17) is 0 Å². The van der Waals surface area contributed by atoms with Crippen molar-refractivity contribution in [3.8, 4) is 66.8 Å². The summed E-state index contributed by atoms with van der Waals surface area (Å²) in [6.45, 7) is 9.55. The molecule has 0 aromatic heterocycles. The Kier molecular flexibility index (Phi) is 8.40. The molecule has 0 atom stereocenters. The summed E-state index contributed by atoms with van der Waals surface area (Å²) in [7, 11) is 0. The molecule has 0 bridgehead atoms. The van der Waals surface area contributed by atoms with Gasteiger partial charge in [-0.3, -0.25) is 0 Å². The summed E-state index contributed by atoms with van der Waals surface area (Å²) in [5, 5.41) is 5.04. The molecule has 0 heterocycles. The van der Waals surface area contributed by atoms with Gasteiger partial charge in [0.05, 0.1) is 5.41 Å². The van der Waals surface area contributed by atoms with E-state index in [0.29, 0.717) is 0 Å². The standard InChI is InChI=1S/C69H50/c1-67(2)59-31-17-15-28-55(59)66-56(29-19-33-61(66)67)65-53-27-12-11-26-52(53)64(54-39-35-43(40-57(54)65)44-34-37-50-48-24-13-16-30-58(48)68(3,4)62(50)41-44)45-36-38-51-49-25-14-18-32-60(49)69(63(51)42-45,46-20-7-5-8-21-46)47-22-9-6-10-23-47/h5-42H,1-4H3. The van der Waals surface area contributed by atoms with Crippen molar-refractivity contribution in [3.63, 3.8) is 0 Å². The SMILES string of the molecule is CC1(C)c2ccccc2-c2ccc(-c3ccc4c(-c5ccc6c(c5)C(c5ccccc5)(c5ccccc5)c5ccccc5-6)c5ccccc5c(-c5cccc6c5-c5ccccc5C6(C)C)c4c3)cc21. The molecule has 11 aromatic rings. The Morgan fingerprint density at radius 3 is 1.36 bits per heavy atom. The number of rotatable bonds is 5. The van der Waals surface area contributed by atoms with E-state index in [2.05, 4.69) is 258 Å². The molecule has 3 aliphatic carbocycles. The molecule has 0 fully saturated rings. The number of hydrogen-bond acceptors (Lipinski definition) is 0. The van der Waals surface area contributed by atoms with Crippen molar-refractivity contribution in [1.29, 1.82) is 0 Å². The molecule has 0 saturated heterocycles. The predicted molar refractivity (Wildman–Crippen MR) is 290 cm³/mol. The fraction of sp³-hybridized carbons (Fsp3) is 0.101. The Hall–Kier alpha value is -8.06. The van der Waals surface area contributed by atoms with Crippen molar-refractivity contribution in [2.75, 3.05) is 0 Å².